The van der Waals surface area contributed by atoms with Crippen molar-refractivity contribution in [1.82, 2.24) is 14.7 Å². The van der Waals surface area contributed by atoms with Crippen molar-refractivity contribution in [1.29, 1.82) is 0 Å². The number of rotatable bonds is 7. The standard InChI is InChI=1S/C16H21N3O3/c1-22-10-12(20)7-8-17-16(21)14-13-4-2-3-9-19(13)15(18-14)11-5-6-11/h2-4,9,11-12,20H,5-8,10H2,1H3,(H,17,21). The molecule has 1 saturated carbocycles. The van der Waals surface area contributed by atoms with Crippen molar-refractivity contribution in [2.75, 3.05) is 20.3 Å². The summed E-state index contributed by atoms with van der Waals surface area (Å²) in [5, 5.41) is 12.4. The van der Waals surface area contributed by atoms with Crippen LogP contribution in [-0.4, -0.2) is 46.8 Å². The van der Waals surface area contributed by atoms with Crippen molar-refractivity contribution >= 4 is 11.4 Å². The zero-order valence-corrected chi connectivity index (χ0v) is 12.7. The van der Waals surface area contributed by atoms with Crippen LogP contribution in [0.15, 0.2) is 24.4 Å². The normalized spacial score (nSPS) is 15.9. The van der Waals surface area contributed by atoms with Gasteiger partial charge in [0.05, 0.1) is 18.2 Å². The predicted molar refractivity (Wildman–Crippen MR) is 82.0 cm³/mol. The van der Waals surface area contributed by atoms with Crippen molar-refractivity contribution in [3.63, 3.8) is 0 Å². The Kier molecular flexibility index (Phi) is 4.40. The van der Waals surface area contributed by atoms with Crippen LogP contribution >= 0.6 is 0 Å². The van der Waals surface area contributed by atoms with Crippen LogP contribution in [0, 0.1) is 0 Å². The lowest BCUT2D eigenvalue weighted by atomic mass is 10.2. The van der Waals surface area contributed by atoms with E-state index in [1.807, 2.05) is 28.8 Å². The lowest BCUT2D eigenvalue weighted by Gasteiger charge is -2.09. The van der Waals surface area contributed by atoms with Crippen LogP contribution in [0.1, 0.15) is 41.5 Å². The molecule has 0 bridgehead atoms. The van der Waals surface area contributed by atoms with Gasteiger partial charge in [0.1, 0.15) is 5.82 Å². The molecule has 2 heterocycles. The zero-order chi connectivity index (χ0) is 15.5. The highest BCUT2D eigenvalue weighted by molar-refractivity contribution is 5.99. The highest BCUT2D eigenvalue weighted by Crippen LogP contribution is 2.39. The topological polar surface area (TPSA) is 75.9 Å². The minimum absolute atomic E-state index is 0.194. The molecule has 1 atom stereocenters. The Hall–Kier alpha value is -1.92. The number of hydrogen-bond donors (Lipinski definition) is 2. The van der Waals surface area contributed by atoms with E-state index in [0.29, 0.717) is 24.6 Å². The Balaban J connectivity index is 1.71. The maximum atomic E-state index is 12.4. The number of ether oxygens (including phenoxy) is 1. The first kappa shape index (κ1) is 15.0. The van der Waals surface area contributed by atoms with Gasteiger partial charge in [0.25, 0.3) is 5.91 Å². The van der Waals surface area contributed by atoms with Crippen LogP contribution in [0.5, 0.6) is 0 Å². The average Bonchev–Trinajstić information content (AvgIpc) is 3.28. The number of hydrogen-bond acceptors (Lipinski definition) is 4. The fraction of sp³-hybridized carbons (Fsp3) is 0.500. The Labute approximate surface area is 129 Å². The van der Waals surface area contributed by atoms with Gasteiger partial charge in [0, 0.05) is 25.8 Å². The Morgan fingerprint density at radius 1 is 1.55 bits per heavy atom. The van der Waals surface area contributed by atoms with Crippen molar-refractivity contribution in [3.05, 3.63) is 35.9 Å². The maximum absolute atomic E-state index is 12.4. The van der Waals surface area contributed by atoms with Gasteiger partial charge in [0.2, 0.25) is 0 Å². The number of amides is 1. The average molecular weight is 303 g/mol. The van der Waals surface area contributed by atoms with Gasteiger partial charge in [0.15, 0.2) is 5.69 Å². The number of carbonyl (C=O) groups excluding carboxylic acids is 1. The minimum atomic E-state index is -0.564. The minimum Gasteiger partial charge on any atom is -0.391 e. The summed E-state index contributed by atoms with van der Waals surface area (Å²) in [7, 11) is 1.54. The fourth-order valence-corrected chi connectivity index (χ4v) is 2.57. The lowest BCUT2D eigenvalue weighted by Crippen LogP contribution is -2.28. The van der Waals surface area contributed by atoms with E-state index < -0.39 is 6.10 Å². The van der Waals surface area contributed by atoms with Crippen molar-refractivity contribution in [2.45, 2.75) is 31.3 Å². The first-order chi connectivity index (χ1) is 10.7. The smallest absolute Gasteiger partial charge is 0.272 e. The second-order valence-corrected chi connectivity index (χ2v) is 5.70. The fourth-order valence-electron chi connectivity index (χ4n) is 2.57. The molecule has 1 aliphatic rings. The highest BCUT2D eigenvalue weighted by Gasteiger charge is 2.30. The van der Waals surface area contributed by atoms with Gasteiger partial charge in [-0.2, -0.15) is 0 Å². The van der Waals surface area contributed by atoms with E-state index in [1.165, 1.54) is 0 Å². The third-order valence-corrected chi connectivity index (χ3v) is 3.86. The number of methoxy groups -OCH3 is 1. The molecule has 6 nitrogen and oxygen atoms in total. The summed E-state index contributed by atoms with van der Waals surface area (Å²) in [5.74, 6) is 1.25. The van der Waals surface area contributed by atoms with E-state index in [-0.39, 0.29) is 12.5 Å². The molecule has 1 aliphatic carbocycles. The van der Waals surface area contributed by atoms with Crippen molar-refractivity contribution in [2.24, 2.45) is 0 Å². The molecule has 22 heavy (non-hydrogen) atoms. The molecular formula is C16H21N3O3. The molecule has 0 aromatic carbocycles. The Morgan fingerprint density at radius 2 is 2.36 bits per heavy atom. The molecule has 118 valence electrons. The third kappa shape index (κ3) is 3.13. The maximum Gasteiger partial charge on any atom is 0.272 e. The number of aromatic nitrogens is 2. The quantitative estimate of drug-likeness (QED) is 0.809. The number of imidazole rings is 1. The number of pyridine rings is 1. The number of nitrogens with zero attached hydrogens (tertiary/aromatic N) is 2. The molecule has 0 aliphatic heterocycles. The van der Waals surface area contributed by atoms with Crippen LogP contribution in [0.4, 0.5) is 0 Å². The number of nitrogens with one attached hydrogen (secondary N) is 1. The number of aliphatic hydroxyl groups excluding tert-OH is 1. The molecule has 2 aromatic heterocycles. The first-order valence-corrected chi connectivity index (χ1v) is 7.63. The number of aliphatic hydroxyl groups is 1. The van der Waals surface area contributed by atoms with Gasteiger partial charge in [-0.05, 0) is 31.4 Å². The Bertz CT molecular complexity index is 664. The van der Waals surface area contributed by atoms with Crippen LogP contribution in [0.3, 0.4) is 0 Å². The third-order valence-electron chi connectivity index (χ3n) is 3.86. The predicted octanol–water partition coefficient (Wildman–Crippen LogP) is 1.34. The summed E-state index contributed by atoms with van der Waals surface area (Å²) in [5.41, 5.74) is 1.29. The van der Waals surface area contributed by atoms with E-state index in [1.54, 1.807) is 7.11 Å². The number of fused-ring (bicyclic) bond motifs is 1. The van der Waals surface area contributed by atoms with E-state index in [9.17, 15) is 9.90 Å². The summed E-state index contributed by atoms with van der Waals surface area (Å²) < 4.78 is 6.87. The summed E-state index contributed by atoms with van der Waals surface area (Å²) in [6.45, 7) is 0.670. The van der Waals surface area contributed by atoms with Crippen LogP contribution < -0.4 is 5.32 Å². The van der Waals surface area contributed by atoms with Crippen LogP contribution in [0.25, 0.3) is 5.52 Å². The van der Waals surface area contributed by atoms with Gasteiger partial charge < -0.3 is 19.6 Å². The molecule has 0 saturated heterocycles. The SMILES string of the molecule is COCC(O)CCNC(=O)c1nc(C2CC2)n2ccccc12. The molecular weight excluding hydrogens is 282 g/mol. The van der Waals surface area contributed by atoms with E-state index >= 15 is 0 Å². The largest absolute Gasteiger partial charge is 0.391 e. The second kappa shape index (κ2) is 6.46. The molecule has 2 aromatic rings. The first-order valence-electron chi connectivity index (χ1n) is 7.63. The number of carbonyl (C=O) groups is 1. The van der Waals surface area contributed by atoms with Crippen molar-refractivity contribution in [3.8, 4) is 0 Å². The monoisotopic (exact) mass is 303 g/mol. The van der Waals surface area contributed by atoms with E-state index in [0.717, 1.165) is 24.2 Å². The van der Waals surface area contributed by atoms with Gasteiger partial charge in [-0.3, -0.25) is 4.79 Å². The van der Waals surface area contributed by atoms with Crippen LogP contribution in [-0.2, 0) is 4.74 Å². The van der Waals surface area contributed by atoms with Crippen molar-refractivity contribution < 1.29 is 14.6 Å². The van der Waals surface area contributed by atoms with E-state index in [2.05, 4.69) is 10.3 Å². The zero-order valence-electron chi connectivity index (χ0n) is 12.7. The van der Waals surface area contributed by atoms with Gasteiger partial charge >= 0.3 is 0 Å². The van der Waals surface area contributed by atoms with E-state index in [4.69, 9.17) is 4.74 Å². The molecule has 1 amide bonds. The second-order valence-electron chi connectivity index (χ2n) is 5.70. The molecule has 0 radical (unpaired) electrons. The van der Waals surface area contributed by atoms with Gasteiger partial charge in [-0.15, -0.1) is 0 Å². The summed E-state index contributed by atoms with van der Waals surface area (Å²) in [4.78, 5) is 16.9. The summed E-state index contributed by atoms with van der Waals surface area (Å²) >= 11 is 0. The molecule has 1 unspecified atom stereocenters. The molecule has 1 fully saturated rings. The Morgan fingerprint density at radius 3 is 3.09 bits per heavy atom. The summed E-state index contributed by atoms with van der Waals surface area (Å²) in [6.07, 6.45) is 4.12. The molecule has 6 heteroatoms. The van der Waals surface area contributed by atoms with Gasteiger partial charge in [-0.25, -0.2) is 4.98 Å². The molecule has 2 N–H and O–H groups in total. The lowest BCUT2D eigenvalue weighted by molar-refractivity contribution is 0.0587. The van der Waals surface area contributed by atoms with Crippen LogP contribution in [0.2, 0.25) is 0 Å². The summed E-state index contributed by atoms with van der Waals surface area (Å²) in [6, 6.07) is 5.77. The van der Waals surface area contributed by atoms with Gasteiger partial charge in [-0.1, -0.05) is 6.07 Å². The molecule has 3 rings (SSSR count). The highest BCUT2D eigenvalue weighted by atomic mass is 16.5. The molecule has 0 spiro atoms.